The van der Waals surface area contributed by atoms with E-state index in [0.29, 0.717) is 18.7 Å². The zero-order chi connectivity index (χ0) is 18.8. The zero-order valence-electron chi connectivity index (χ0n) is 16.0. The molecule has 0 radical (unpaired) electrons. The predicted molar refractivity (Wildman–Crippen MR) is 95.5 cm³/mol. The quantitative estimate of drug-likeness (QED) is 0.770. The summed E-state index contributed by atoms with van der Waals surface area (Å²) in [6.07, 6.45) is 0.454. The molecule has 25 heavy (non-hydrogen) atoms. The highest BCUT2D eigenvalue weighted by molar-refractivity contribution is 5.93. The average molecular weight is 348 g/mol. The Bertz CT molecular complexity index is 651. The van der Waals surface area contributed by atoms with Gasteiger partial charge in [-0.3, -0.25) is 9.63 Å². The highest BCUT2D eigenvalue weighted by atomic mass is 16.7. The summed E-state index contributed by atoms with van der Waals surface area (Å²) in [6.45, 7) is 8.84. The Balaban J connectivity index is 2.20. The van der Waals surface area contributed by atoms with E-state index >= 15 is 0 Å². The smallest absolute Gasteiger partial charge is 0.410 e. The number of carbonyl (C=O) groups excluding carboxylic acids is 2. The minimum Gasteiger partial charge on any atom is -0.444 e. The van der Waals surface area contributed by atoms with Crippen LogP contribution < -0.4 is 0 Å². The predicted octanol–water partition coefficient (Wildman–Crippen LogP) is 3.22. The van der Waals surface area contributed by atoms with Gasteiger partial charge in [0.2, 0.25) is 0 Å². The van der Waals surface area contributed by atoms with Crippen LogP contribution in [-0.2, 0) is 16.0 Å². The third kappa shape index (κ3) is 4.72. The minimum absolute atomic E-state index is 0.116. The van der Waals surface area contributed by atoms with Crippen LogP contribution >= 0.6 is 0 Å². The van der Waals surface area contributed by atoms with Crippen molar-refractivity contribution in [2.75, 3.05) is 27.2 Å². The van der Waals surface area contributed by atoms with Gasteiger partial charge in [0.1, 0.15) is 5.60 Å². The van der Waals surface area contributed by atoms with E-state index in [1.54, 1.807) is 11.9 Å². The van der Waals surface area contributed by atoms with Crippen LogP contribution in [0.4, 0.5) is 4.79 Å². The number of fused-ring (bicyclic) bond motifs is 1. The van der Waals surface area contributed by atoms with Crippen molar-refractivity contribution in [1.29, 1.82) is 0 Å². The molecule has 0 N–H and O–H groups in total. The van der Waals surface area contributed by atoms with Gasteiger partial charge >= 0.3 is 6.09 Å². The minimum atomic E-state index is -0.510. The van der Waals surface area contributed by atoms with Crippen molar-refractivity contribution in [1.82, 2.24) is 9.96 Å². The van der Waals surface area contributed by atoms with Crippen LogP contribution in [0.2, 0.25) is 0 Å². The largest absolute Gasteiger partial charge is 0.444 e. The van der Waals surface area contributed by atoms with Gasteiger partial charge in [0.25, 0.3) is 5.91 Å². The Kier molecular flexibility index (Phi) is 5.72. The van der Waals surface area contributed by atoms with Gasteiger partial charge in [-0.15, -0.1) is 0 Å². The van der Waals surface area contributed by atoms with Crippen molar-refractivity contribution in [2.24, 2.45) is 0 Å². The SMILES string of the molecule is CON(C)C(=O)c1ccc2c(c1)C(C)CN(C(=O)OC(C)(C)C)CC2. The lowest BCUT2D eigenvalue weighted by molar-refractivity contribution is -0.0757. The van der Waals surface area contributed by atoms with E-state index in [9.17, 15) is 9.59 Å². The first-order valence-electron chi connectivity index (χ1n) is 8.55. The number of nitrogens with zero attached hydrogens (tertiary/aromatic N) is 2. The van der Waals surface area contributed by atoms with E-state index in [2.05, 4.69) is 6.92 Å². The number of carbonyl (C=O) groups is 2. The number of ether oxygens (including phenoxy) is 1. The van der Waals surface area contributed by atoms with Crippen molar-refractivity contribution in [2.45, 2.75) is 45.6 Å². The van der Waals surface area contributed by atoms with Crippen molar-refractivity contribution < 1.29 is 19.2 Å². The fourth-order valence-corrected chi connectivity index (χ4v) is 2.95. The molecule has 1 unspecified atom stereocenters. The second kappa shape index (κ2) is 7.44. The summed E-state index contributed by atoms with van der Waals surface area (Å²) in [5.41, 5.74) is 2.33. The van der Waals surface area contributed by atoms with Crippen LogP contribution in [0.1, 0.15) is 55.1 Å². The molecule has 0 spiro atoms. The lowest BCUT2D eigenvalue weighted by Crippen LogP contribution is -2.38. The topological polar surface area (TPSA) is 59.1 Å². The summed E-state index contributed by atoms with van der Waals surface area (Å²) in [4.78, 5) is 31.4. The lowest BCUT2D eigenvalue weighted by atomic mass is 9.93. The van der Waals surface area contributed by atoms with Crippen molar-refractivity contribution in [3.05, 3.63) is 34.9 Å². The van der Waals surface area contributed by atoms with Crippen LogP contribution in [0, 0.1) is 0 Å². The fraction of sp³-hybridized carbons (Fsp3) is 0.579. The molecule has 6 nitrogen and oxygen atoms in total. The highest BCUT2D eigenvalue weighted by Gasteiger charge is 2.27. The fourth-order valence-electron chi connectivity index (χ4n) is 2.95. The molecule has 0 saturated heterocycles. The molecule has 1 aromatic rings. The first kappa shape index (κ1) is 19.2. The first-order chi connectivity index (χ1) is 11.6. The van der Waals surface area contributed by atoms with Crippen LogP contribution in [0.25, 0.3) is 0 Å². The van der Waals surface area contributed by atoms with Crippen molar-refractivity contribution in [3.63, 3.8) is 0 Å². The van der Waals surface area contributed by atoms with E-state index < -0.39 is 5.60 Å². The van der Waals surface area contributed by atoms with E-state index in [0.717, 1.165) is 17.5 Å². The molecule has 1 heterocycles. The van der Waals surface area contributed by atoms with Crippen molar-refractivity contribution >= 4 is 12.0 Å². The standard InChI is InChI=1S/C19H28N2O4/c1-13-12-21(18(23)25-19(2,3)4)10-9-14-7-8-15(11-16(13)14)17(22)20(5)24-6/h7-8,11,13H,9-10,12H2,1-6H3. The molecular formula is C19H28N2O4. The number of hydrogen-bond acceptors (Lipinski definition) is 4. The summed E-state index contributed by atoms with van der Waals surface area (Å²) in [7, 11) is 3.05. The van der Waals surface area contributed by atoms with E-state index in [4.69, 9.17) is 9.57 Å². The Morgan fingerprint density at radius 1 is 1.28 bits per heavy atom. The summed E-state index contributed by atoms with van der Waals surface area (Å²) >= 11 is 0. The summed E-state index contributed by atoms with van der Waals surface area (Å²) in [6, 6.07) is 5.70. The Hall–Kier alpha value is -2.08. The molecule has 138 valence electrons. The Morgan fingerprint density at radius 3 is 2.56 bits per heavy atom. The molecule has 0 saturated carbocycles. The second-order valence-electron chi connectivity index (χ2n) is 7.48. The van der Waals surface area contributed by atoms with Gasteiger partial charge in [-0.1, -0.05) is 13.0 Å². The zero-order valence-corrected chi connectivity index (χ0v) is 16.0. The highest BCUT2D eigenvalue weighted by Crippen LogP contribution is 2.27. The van der Waals surface area contributed by atoms with E-state index in [1.165, 1.54) is 12.2 Å². The Labute approximate surface area is 149 Å². The van der Waals surface area contributed by atoms with Gasteiger partial charge in [0, 0.05) is 25.7 Å². The lowest BCUT2D eigenvalue weighted by Gasteiger charge is -2.27. The van der Waals surface area contributed by atoms with Crippen LogP contribution in [-0.4, -0.2) is 54.8 Å². The normalized spacial score (nSPS) is 17.5. The second-order valence-corrected chi connectivity index (χ2v) is 7.48. The summed E-state index contributed by atoms with van der Waals surface area (Å²) < 4.78 is 5.50. The number of rotatable bonds is 2. The molecule has 0 fully saturated rings. The molecule has 0 aromatic heterocycles. The maximum absolute atomic E-state index is 12.4. The third-order valence-electron chi connectivity index (χ3n) is 4.28. The third-order valence-corrected chi connectivity index (χ3v) is 4.28. The summed E-state index contributed by atoms with van der Waals surface area (Å²) in [5.74, 6) is -0.0728. The molecule has 0 aliphatic carbocycles. The molecule has 1 aliphatic heterocycles. The average Bonchev–Trinajstić information content (AvgIpc) is 2.71. The first-order valence-corrected chi connectivity index (χ1v) is 8.55. The molecule has 6 heteroatoms. The molecule has 2 rings (SSSR count). The van der Waals surface area contributed by atoms with Gasteiger partial charge in [-0.2, -0.15) is 0 Å². The van der Waals surface area contributed by atoms with Gasteiger partial charge in [-0.05, 0) is 56.4 Å². The summed E-state index contributed by atoms with van der Waals surface area (Å²) in [5, 5.41) is 1.20. The molecule has 1 atom stereocenters. The Morgan fingerprint density at radius 2 is 1.96 bits per heavy atom. The van der Waals surface area contributed by atoms with E-state index in [1.807, 2.05) is 39.0 Å². The van der Waals surface area contributed by atoms with Crippen LogP contribution in [0.15, 0.2) is 18.2 Å². The number of hydrogen-bond donors (Lipinski definition) is 0. The molecular weight excluding hydrogens is 320 g/mol. The molecule has 1 aromatic carbocycles. The van der Waals surface area contributed by atoms with Gasteiger partial charge < -0.3 is 9.64 Å². The van der Waals surface area contributed by atoms with Crippen LogP contribution in [0.5, 0.6) is 0 Å². The monoisotopic (exact) mass is 348 g/mol. The van der Waals surface area contributed by atoms with Crippen molar-refractivity contribution in [3.8, 4) is 0 Å². The maximum Gasteiger partial charge on any atom is 0.410 e. The van der Waals surface area contributed by atoms with Gasteiger partial charge in [0.15, 0.2) is 0 Å². The van der Waals surface area contributed by atoms with Gasteiger partial charge in [-0.25, -0.2) is 9.86 Å². The number of hydroxylamine groups is 2. The van der Waals surface area contributed by atoms with E-state index in [-0.39, 0.29) is 17.9 Å². The number of amides is 2. The number of benzene rings is 1. The van der Waals surface area contributed by atoms with Crippen LogP contribution in [0.3, 0.4) is 0 Å². The molecule has 1 aliphatic rings. The molecule has 2 amide bonds. The maximum atomic E-state index is 12.4. The molecule has 0 bridgehead atoms. The van der Waals surface area contributed by atoms with Gasteiger partial charge in [0.05, 0.1) is 7.11 Å².